The van der Waals surface area contributed by atoms with Gasteiger partial charge in [0.1, 0.15) is 5.82 Å². The van der Waals surface area contributed by atoms with E-state index in [1.165, 1.54) is 12.1 Å². The number of carbonyl (C=O) groups is 1. The van der Waals surface area contributed by atoms with Crippen molar-refractivity contribution >= 4 is 5.97 Å². The van der Waals surface area contributed by atoms with Gasteiger partial charge in [0.2, 0.25) is 0 Å². The van der Waals surface area contributed by atoms with E-state index in [0.717, 1.165) is 6.92 Å². The van der Waals surface area contributed by atoms with Crippen molar-refractivity contribution in [1.82, 2.24) is 9.97 Å². The van der Waals surface area contributed by atoms with Gasteiger partial charge in [-0.1, -0.05) is 0 Å². The van der Waals surface area contributed by atoms with Crippen molar-refractivity contribution in [3.63, 3.8) is 0 Å². The molecule has 0 spiro atoms. The maximum atomic E-state index is 12.4. The summed E-state index contributed by atoms with van der Waals surface area (Å²) < 4.78 is 37.1. The average Bonchev–Trinajstić information content (AvgIpc) is 2.38. The van der Waals surface area contributed by atoms with Gasteiger partial charge in [-0.3, -0.25) is 4.79 Å². The number of nitrogens with zero attached hydrogens (tertiary/aromatic N) is 4. The van der Waals surface area contributed by atoms with E-state index in [-0.39, 0.29) is 0 Å². The SMILES string of the molecule is CC(C(=O)O)(c1ncc(C(F)(F)F)cn1)C(C#N)C#N. The number of aliphatic carboxylic acids is 1. The fraction of sp³-hybridized carbons (Fsp3) is 0.364. The Balaban J connectivity index is 3.36. The van der Waals surface area contributed by atoms with Gasteiger partial charge in [-0.05, 0) is 6.92 Å². The van der Waals surface area contributed by atoms with Crippen LogP contribution in [0.4, 0.5) is 13.2 Å². The highest BCUT2D eigenvalue weighted by molar-refractivity contribution is 5.81. The Morgan fingerprint density at radius 2 is 1.75 bits per heavy atom. The number of alkyl halides is 3. The van der Waals surface area contributed by atoms with Crippen LogP contribution in [0.3, 0.4) is 0 Å². The molecule has 1 N–H and O–H groups in total. The number of hydrogen-bond donors (Lipinski definition) is 1. The van der Waals surface area contributed by atoms with Gasteiger partial charge in [-0.15, -0.1) is 0 Å². The lowest BCUT2D eigenvalue weighted by atomic mass is 9.77. The van der Waals surface area contributed by atoms with Crippen LogP contribution in [0.15, 0.2) is 12.4 Å². The normalized spacial score (nSPS) is 14.2. The predicted octanol–water partition coefficient (Wildman–Crippen LogP) is 1.50. The summed E-state index contributed by atoms with van der Waals surface area (Å²) in [6.07, 6.45) is -3.84. The lowest BCUT2D eigenvalue weighted by Crippen LogP contribution is -2.41. The summed E-state index contributed by atoms with van der Waals surface area (Å²) in [5.74, 6) is -3.76. The van der Waals surface area contributed by atoms with Crippen LogP contribution in [0.1, 0.15) is 18.3 Å². The predicted molar refractivity (Wildman–Crippen MR) is 56.7 cm³/mol. The van der Waals surface area contributed by atoms with Gasteiger partial charge in [-0.25, -0.2) is 9.97 Å². The minimum Gasteiger partial charge on any atom is -0.480 e. The highest BCUT2D eigenvalue weighted by Gasteiger charge is 2.47. The van der Waals surface area contributed by atoms with E-state index in [9.17, 15) is 18.0 Å². The number of aromatic nitrogens is 2. The average molecular weight is 284 g/mol. The zero-order valence-corrected chi connectivity index (χ0v) is 10.0. The minimum atomic E-state index is -4.66. The summed E-state index contributed by atoms with van der Waals surface area (Å²) in [4.78, 5) is 17.9. The summed E-state index contributed by atoms with van der Waals surface area (Å²) in [5.41, 5.74) is -3.27. The molecule has 1 aromatic rings. The van der Waals surface area contributed by atoms with E-state index >= 15 is 0 Å². The summed E-state index contributed by atoms with van der Waals surface area (Å²) in [6, 6.07) is 2.95. The van der Waals surface area contributed by atoms with E-state index in [1.807, 2.05) is 0 Å². The Kier molecular flexibility index (Phi) is 3.95. The van der Waals surface area contributed by atoms with Crippen LogP contribution < -0.4 is 0 Å². The molecular formula is C11H7F3N4O2. The van der Waals surface area contributed by atoms with Gasteiger partial charge >= 0.3 is 12.1 Å². The minimum absolute atomic E-state index is 0.412. The van der Waals surface area contributed by atoms with Crippen LogP contribution in [0, 0.1) is 28.6 Å². The number of nitriles is 2. The second-order valence-corrected chi connectivity index (χ2v) is 3.99. The third-order valence-corrected chi connectivity index (χ3v) is 2.72. The molecule has 0 fully saturated rings. The largest absolute Gasteiger partial charge is 0.480 e. The van der Waals surface area contributed by atoms with Crippen molar-refractivity contribution < 1.29 is 23.1 Å². The molecule has 0 radical (unpaired) electrons. The Bertz CT molecular complexity index is 586. The van der Waals surface area contributed by atoms with Crippen molar-refractivity contribution in [1.29, 1.82) is 10.5 Å². The lowest BCUT2D eigenvalue weighted by molar-refractivity contribution is -0.144. The van der Waals surface area contributed by atoms with Gasteiger partial charge in [0.25, 0.3) is 0 Å². The van der Waals surface area contributed by atoms with Crippen molar-refractivity contribution in [2.24, 2.45) is 5.92 Å². The first-order valence-corrected chi connectivity index (χ1v) is 5.10. The molecule has 0 amide bonds. The molecule has 1 rings (SSSR count). The molecule has 0 aliphatic heterocycles. The lowest BCUT2D eigenvalue weighted by Gasteiger charge is -2.23. The van der Waals surface area contributed by atoms with E-state index < -0.39 is 34.9 Å². The second kappa shape index (κ2) is 5.13. The highest BCUT2D eigenvalue weighted by Crippen LogP contribution is 2.32. The zero-order valence-electron chi connectivity index (χ0n) is 10.0. The molecule has 0 aromatic carbocycles. The number of carboxylic acids is 1. The Morgan fingerprint density at radius 1 is 1.30 bits per heavy atom. The first-order chi connectivity index (χ1) is 9.17. The molecule has 0 saturated carbocycles. The number of rotatable bonds is 3. The Morgan fingerprint density at radius 3 is 2.05 bits per heavy atom. The van der Waals surface area contributed by atoms with Crippen LogP contribution in [0.5, 0.6) is 0 Å². The molecule has 9 heteroatoms. The summed E-state index contributed by atoms with van der Waals surface area (Å²) in [5, 5.41) is 26.7. The Hall–Kier alpha value is -2.68. The van der Waals surface area contributed by atoms with Gasteiger partial charge in [0.05, 0.1) is 17.7 Å². The molecule has 1 atom stereocenters. The highest BCUT2D eigenvalue weighted by atomic mass is 19.4. The van der Waals surface area contributed by atoms with Crippen molar-refractivity contribution in [3.05, 3.63) is 23.8 Å². The standard InChI is InChI=1S/C11H7F3N4O2/c1-10(9(19)20,6(2-15)3-16)8-17-4-7(5-18-8)11(12,13)14/h4-6H,1H3,(H,19,20). The van der Waals surface area contributed by atoms with Gasteiger partial charge in [0, 0.05) is 12.4 Å². The molecule has 0 aliphatic rings. The first-order valence-electron chi connectivity index (χ1n) is 5.10. The number of halogens is 3. The maximum absolute atomic E-state index is 12.4. The topological polar surface area (TPSA) is 111 Å². The van der Waals surface area contributed by atoms with E-state index in [2.05, 4.69) is 9.97 Å². The number of hydrogen-bond acceptors (Lipinski definition) is 5. The van der Waals surface area contributed by atoms with E-state index in [4.69, 9.17) is 15.6 Å². The molecule has 0 saturated heterocycles. The smallest absolute Gasteiger partial charge is 0.419 e. The third-order valence-electron chi connectivity index (χ3n) is 2.72. The first kappa shape index (κ1) is 15.4. The molecule has 104 valence electrons. The summed E-state index contributed by atoms with van der Waals surface area (Å²) in [6.45, 7) is 1.01. The molecule has 0 bridgehead atoms. The fourth-order valence-electron chi connectivity index (χ4n) is 1.38. The third kappa shape index (κ3) is 2.52. The monoisotopic (exact) mass is 284 g/mol. The molecule has 1 unspecified atom stereocenters. The molecular weight excluding hydrogens is 277 g/mol. The zero-order chi connectivity index (χ0) is 15.6. The van der Waals surface area contributed by atoms with Crippen LogP contribution >= 0.6 is 0 Å². The van der Waals surface area contributed by atoms with Crippen LogP contribution in [-0.2, 0) is 16.4 Å². The molecule has 0 aliphatic carbocycles. The molecule has 1 aromatic heterocycles. The van der Waals surface area contributed by atoms with Crippen LogP contribution in [0.25, 0.3) is 0 Å². The van der Waals surface area contributed by atoms with Crippen LogP contribution in [0.2, 0.25) is 0 Å². The van der Waals surface area contributed by atoms with Crippen molar-refractivity contribution in [2.75, 3.05) is 0 Å². The van der Waals surface area contributed by atoms with E-state index in [1.54, 1.807) is 0 Å². The quantitative estimate of drug-likeness (QED) is 0.900. The molecule has 6 nitrogen and oxygen atoms in total. The second-order valence-electron chi connectivity index (χ2n) is 3.99. The van der Waals surface area contributed by atoms with Gasteiger partial charge in [-0.2, -0.15) is 23.7 Å². The van der Waals surface area contributed by atoms with Crippen molar-refractivity contribution in [2.45, 2.75) is 18.5 Å². The molecule has 20 heavy (non-hydrogen) atoms. The number of carboxylic acid groups (broad SMARTS) is 1. The van der Waals surface area contributed by atoms with E-state index in [0.29, 0.717) is 12.4 Å². The maximum Gasteiger partial charge on any atom is 0.419 e. The van der Waals surface area contributed by atoms with Gasteiger partial charge in [0.15, 0.2) is 11.3 Å². The van der Waals surface area contributed by atoms with Crippen molar-refractivity contribution in [3.8, 4) is 12.1 Å². The fourth-order valence-corrected chi connectivity index (χ4v) is 1.38. The summed E-state index contributed by atoms with van der Waals surface area (Å²) >= 11 is 0. The molecule has 1 heterocycles. The van der Waals surface area contributed by atoms with Gasteiger partial charge < -0.3 is 5.11 Å². The summed E-state index contributed by atoms with van der Waals surface area (Å²) in [7, 11) is 0. The Labute approximate surface area is 111 Å². The van der Waals surface area contributed by atoms with Crippen LogP contribution in [-0.4, -0.2) is 21.0 Å².